The van der Waals surface area contributed by atoms with E-state index >= 15 is 0 Å². The van der Waals surface area contributed by atoms with Crippen LogP contribution in [-0.2, 0) is 0 Å². The number of para-hydroxylation sites is 1. The molecule has 6 atom stereocenters. The number of alkyl halides is 2. The number of hydrogen-bond acceptors (Lipinski definition) is 3. The summed E-state index contributed by atoms with van der Waals surface area (Å²) >= 11 is 10.7. The quantitative estimate of drug-likeness (QED) is 0.146. The van der Waals surface area contributed by atoms with Gasteiger partial charge in [-0.1, -0.05) is 143 Å². The number of fused-ring (bicyclic) bond motifs is 3. The van der Waals surface area contributed by atoms with Gasteiger partial charge >= 0.3 is 0 Å². The average molecular weight is 859 g/mol. The minimum atomic E-state index is 0.270. The van der Waals surface area contributed by atoms with Gasteiger partial charge in [-0.3, -0.25) is 0 Å². The predicted octanol–water partition coefficient (Wildman–Crippen LogP) is 12.3. The number of halogens is 2. The molecule has 1 N–H and O–H groups in total. The molecule has 47 heavy (non-hydrogen) atoms. The molecule has 0 aromatic heterocycles. The molecule has 1 aliphatic heterocycles. The summed E-state index contributed by atoms with van der Waals surface area (Å²) in [7, 11) is 0. The van der Waals surface area contributed by atoms with Gasteiger partial charge in [0, 0.05) is 47.3 Å². The van der Waals surface area contributed by atoms with E-state index in [0.717, 1.165) is 21.7 Å². The van der Waals surface area contributed by atoms with E-state index in [4.69, 9.17) is 12.6 Å². The van der Waals surface area contributed by atoms with Crippen LogP contribution >= 0.6 is 57.8 Å². The van der Waals surface area contributed by atoms with Crippen LogP contribution in [0.1, 0.15) is 73.0 Å². The molecule has 0 spiro atoms. The normalized spacial score (nSPS) is 27.9. The standard InChI is InChI=1S/C42H40I2N2S/c43-37-15-6-4-11-32(37)27-17-21-29(22-18-27)45-30-23-19-28(20-24-30)33-13-8-14-34(41(33)44)35-25-26-39-40(42(35)47)36-12-5-7-16-38(36)46(39)31-9-2-1-3-10-31/h1-3,5,7-10,12-14,16-19,21-23,25-26,32,34,36-38,41,45,47H,4,6,11,15,20,24H2. The van der Waals surface area contributed by atoms with Gasteiger partial charge in [0.05, 0.1) is 6.04 Å². The number of allylic oxidation sites excluding steroid dienone is 10. The Morgan fingerprint density at radius 3 is 2.32 bits per heavy atom. The fourth-order valence-electron chi connectivity index (χ4n) is 8.24. The Bertz CT molecular complexity index is 1830. The first-order valence-electron chi connectivity index (χ1n) is 17.1. The van der Waals surface area contributed by atoms with E-state index in [2.05, 4.69) is 177 Å². The van der Waals surface area contributed by atoms with E-state index in [1.54, 1.807) is 0 Å². The summed E-state index contributed by atoms with van der Waals surface area (Å²) in [4.78, 5) is 3.63. The molecule has 1 fully saturated rings. The van der Waals surface area contributed by atoms with Crippen LogP contribution in [0.5, 0.6) is 0 Å². The molecule has 238 valence electrons. The van der Waals surface area contributed by atoms with Crippen LogP contribution < -0.4 is 10.2 Å². The predicted molar refractivity (Wildman–Crippen MR) is 219 cm³/mol. The van der Waals surface area contributed by atoms with E-state index in [9.17, 15) is 0 Å². The number of hydrogen-bond donors (Lipinski definition) is 2. The lowest BCUT2D eigenvalue weighted by Gasteiger charge is -2.30. The second-order valence-corrected chi connectivity index (χ2v) is 16.8. The summed E-state index contributed by atoms with van der Waals surface area (Å²) in [5, 5.41) is 3.72. The maximum absolute atomic E-state index is 5.30. The van der Waals surface area contributed by atoms with Gasteiger partial charge in [0.15, 0.2) is 0 Å². The van der Waals surface area contributed by atoms with Crippen molar-refractivity contribution in [2.24, 2.45) is 0 Å². The van der Waals surface area contributed by atoms with Crippen molar-refractivity contribution in [3.05, 3.63) is 155 Å². The van der Waals surface area contributed by atoms with Crippen LogP contribution in [-0.4, -0.2) is 13.9 Å². The van der Waals surface area contributed by atoms with Crippen molar-refractivity contribution in [2.75, 3.05) is 10.2 Å². The highest BCUT2D eigenvalue weighted by Gasteiger charge is 2.40. The Balaban J connectivity index is 1.00. The number of anilines is 3. The first-order valence-corrected chi connectivity index (χ1v) is 20.0. The Kier molecular flexibility index (Phi) is 9.32. The molecule has 4 aliphatic carbocycles. The first-order chi connectivity index (χ1) is 23.1. The molecule has 0 amide bonds. The molecule has 5 heteroatoms. The van der Waals surface area contributed by atoms with Crippen molar-refractivity contribution in [2.45, 2.75) is 75.1 Å². The van der Waals surface area contributed by atoms with Crippen LogP contribution in [0, 0.1) is 0 Å². The van der Waals surface area contributed by atoms with Gasteiger partial charge in [-0.2, -0.15) is 0 Å². The minimum Gasteiger partial charge on any atom is -0.359 e. The lowest BCUT2D eigenvalue weighted by molar-refractivity contribution is 0.467. The van der Waals surface area contributed by atoms with Crippen LogP contribution in [0.3, 0.4) is 0 Å². The minimum absolute atomic E-state index is 0.270. The van der Waals surface area contributed by atoms with Crippen molar-refractivity contribution >= 4 is 74.9 Å². The van der Waals surface area contributed by atoms with Gasteiger partial charge in [-0.05, 0) is 95.8 Å². The maximum atomic E-state index is 5.30. The van der Waals surface area contributed by atoms with E-state index < -0.39 is 0 Å². The molecular weight excluding hydrogens is 818 g/mol. The summed E-state index contributed by atoms with van der Waals surface area (Å²) in [5.41, 5.74) is 12.1. The van der Waals surface area contributed by atoms with Gasteiger partial charge in [0.2, 0.25) is 0 Å². The Hall–Kier alpha value is -2.49. The van der Waals surface area contributed by atoms with Crippen LogP contribution in [0.4, 0.5) is 17.1 Å². The third-order valence-corrected chi connectivity index (χ3v) is 14.1. The average Bonchev–Trinajstić information content (AvgIpc) is 3.45. The second-order valence-electron chi connectivity index (χ2n) is 13.4. The SMILES string of the molecule is Sc1c(C2C=CC=C(C3=CC=C(Nc4ccc(C5CCCCC5I)cc4)CC3)C2I)ccc2c1C1C=CC=CC1N2c1ccccc1. The zero-order valence-corrected chi connectivity index (χ0v) is 31.6. The Labute approximate surface area is 312 Å². The zero-order valence-electron chi connectivity index (χ0n) is 26.4. The van der Waals surface area contributed by atoms with E-state index in [1.807, 2.05) is 0 Å². The number of rotatable bonds is 6. The van der Waals surface area contributed by atoms with E-state index in [1.165, 1.54) is 76.3 Å². The molecule has 3 aromatic carbocycles. The number of thiol groups is 1. The van der Waals surface area contributed by atoms with E-state index in [0.29, 0.717) is 15.8 Å². The van der Waals surface area contributed by atoms with Gasteiger partial charge in [0.25, 0.3) is 0 Å². The molecule has 0 bridgehead atoms. The summed E-state index contributed by atoms with van der Waals surface area (Å²) in [6.45, 7) is 0. The third kappa shape index (κ3) is 6.14. The van der Waals surface area contributed by atoms with Crippen molar-refractivity contribution < 1.29 is 0 Å². The lowest BCUT2D eigenvalue weighted by atomic mass is 9.81. The summed E-state index contributed by atoms with van der Waals surface area (Å²) < 4.78 is 1.11. The molecule has 1 saturated carbocycles. The molecule has 5 aliphatic rings. The van der Waals surface area contributed by atoms with Crippen LogP contribution in [0.2, 0.25) is 0 Å². The molecule has 0 saturated heterocycles. The number of nitrogens with one attached hydrogen (secondary N) is 1. The molecule has 8 rings (SSSR count). The number of benzene rings is 3. The molecule has 1 heterocycles. The summed E-state index contributed by atoms with van der Waals surface area (Å²) in [5.74, 6) is 1.27. The highest BCUT2D eigenvalue weighted by Crippen LogP contribution is 2.53. The molecule has 0 radical (unpaired) electrons. The van der Waals surface area contributed by atoms with Crippen molar-refractivity contribution in [3.63, 3.8) is 0 Å². The lowest BCUT2D eigenvalue weighted by Crippen LogP contribution is -2.28. The molecule has 6 unspecified atom stereocenters. The fraction of sp³-hybridized carbons (Fsp3) is 0.286. The largest absolute Gasteiger partial charge is 0.359 e. The number of nitrogens with zero attached hydrogens (tertiary/aromatic N) is 1. The smallest absolute Gasteiger partial charge is 0.0630 e. The topological polar surface area (TPSA) is 15.3 Å². The summed E-state index contributed by atoms with van der Waals surface area (Å²) in [6, 6.07) is 25.0. The van der Waals surface area contributed by atoms with Gasteiger partial charge < -0.3 is 10.2 Å². The Morgan fingerprint density at radius 2 is 1.53 bits per heavy atom. The van der Waals surface area contributed by atoms with Gasteiger partial charge in [0.1, 0.15) is 0 Å². The highest BCUT2D eigenvalue weighted by atomic mass is 127. The second kappa shape index (κ2) is 13.8. The first kappa shape index (κ1) is 31.8. The molecule has 2 nitrogen and oxygen atoms in total. The third-order valence-electron chi connectivity index (χ3n) is 10.7. The molecule has 3 aromatic rings. The Morgan fingerprint density at radius 1 is 0.745 bits per heavy atom. The van der Waals surface area contributed by atoms with Crippen LogP contribution in [0.15, 0.2) is 143 Å². The van der Waals surface area contributed by atoms with Gasteiger partial charge in [-0.25, -0.2) is 0 Å². The van der Waals surface area contributed by atoms with Crippen LogP contribution in [0.25, 0.3) is 0 Å². The van der Waals surface area contributed by atoms with E-state index in [-0.39, 0.29) is 12.0 Å². The van der Waals surface area contributed by atoms with Gasteiger partial charge in [-0.15, -0.1) is 12.6 Å². The summed E-state index contributed by atoms with van der Waals surface area (Å²) in [6.07, 6.45) is 28.2. The maximum Gasteiger partial charge on any atom is 0.0630 e. The van der Waals surface area contributed by atoms with Crippen molar-refractivity contribution in [3.8, 4) is 0 Å². The molecular formula is C42H40I2N2S. The monoisotopic (exact) mass is 858 g/mol. The zero-order chi connectivity index (χ0) is 31.9. The van der Waals surface area contributed by atoms with Crippen molar-refractivity contribution in [1.82, 2.24) is 0 Å². The highest BCUT2D eigenvalue weighted by molar-refractivity contribution is 14.1. The van der Waals surface area contributed by atoms with Crippen molar-refractivity contribution in [1.29, 1.82) is 0 Å². The fourth-order valence-corrected chi connectivity index (χ4v) is 11.2.